The Balaban J connectivity index is 1.59. The number of rotatable bonds is 5. The topological polar surface area (TPSA) is 50.7 Å². The number of halogens is 1. The second kappa shape index (κ2) is 7.94. The first kappa shape index (κ1) is 17.2. The van der Waals surface area contributed by atoms with Gasteiger partial charge in [0, 0.05) is 4.47 Å². The number of amides is 1. The van der Waals surface area contributed by atoms with Gasteiger partial charge in [-0.1, -0.05) is 58.4 Å². The molecule has 0 spiro atoms. The zero-order chi connectivity index (χ0) is 17.6. The number of carbonyl (C=O) groups excluding carboxylic acids is 1. The molecule has 0 saturated heterocycles. The summed E-state index contributed by atoms with van der Waals surface area (Å²) >= 11 is 3.39. The molecule has 3 rings (SSSR count). The molecule has 126 valence electrons. The molecule has 0 aliphatic rings. The normalized spacial score (nSPS) is 12.2. The molecule has 0 saturated carbocycles. The first-order valence-corrected chi connectivity index (χ1v) is 8.65. The maximum atomic E-state index is 12.1. The molecule has 25 heavy (non-hydrogen) atoms. The van der Waals surface area contributed by atoms with Crippen LogP contribution in [-0.2, 0) is 4.79 Å². The van der Waals surface area contributed by atoms with Crippen LogP contribution in [0.1, 0.15) is 12.5 Å². The SMILES string of the molecule is CC(Oc1ccc2ccccc2c1)C(=O)NN=Cc1cccc(Br)c1. The average Bonchev–Trinajstić information content (AvgIpc) is 2.61. The number of benzene rings is 3. The average molecular weight is 397 g/mol. The van der Waals surface area contributed by atoms with Crippen molar-refractivity contribution in [3.8, 4) is 5.75 Å². The van der Waals surface area contributed by atoms with Gasteiger partial charge in [-0.2, -0.15) is 5.10 Å². The number of carbonyl (C=O) groups is 1. The van der Waals surface area contributed by atoms with E-state index in [2.05, 4.69) is 26.5 Å². The Bertz CT molecular complexity index is 924. The number of hydrazone groups is 1. The van der Waals surface area contributed by atoms with Crippen molar-refractivity contribution in [3.63, 3.8) is 0 Å². The molecular formula is C20H17BrN2O2. The van der Waals surface area contributed by atoms with Crippen molar-refractivity contribution in [3.05, 3.63) is 76.8 Å². The van der Waals surface area contributed by atoms with Gasteiger partial charge in [-0.3, -0.25) is 4.79 Å². The first-order valence-electron chi connectivity index (χ1n) is 7.86. The maximum Gasteiger partial charge on any atom is 0.280 e. The van der Waals surface area contributed by atoms with Crippen LogP contribution in [0.3, 0.4) is 0 Å². The molecule has 1 unspecified atom stereocenters. The van der Waals surface area contributed by atoms with Crippen LogP contribution in [0.15, 0.2) is 76.3 Å². The van der Waals surface area contributed by atoms with E-state index in [1.165, 1.54) is 0 Å². The molecular weight excluding hydrogens is 380 g/mol. The van der Waals surface area contributed by atoms with Crippen molar-refractivity contribution in [1.82, 2.24) is 5.43 Å². The molecule has 0 bridgehead atoms. The van der Waals surface area contributed by atoms with Gasteiger partial charge in [0.05, 0.1) is 6.21 Å². The van der Waals surface area contributed by atoms with Crippen LogP contribution in [0.2, 0.25) is 0 Å². The van der Waals surface area contributed by atoms with E-state index >= 15 is 0 Å². The highest BCUT2D eigenvalue weighted by Gasteiger charge is 2.14. The Morgan fingerprint density at radius 1 is 1.08 bits per heavy atom. The third-order valence-corrected chi connectivity index (χ3v) is 4.13. The fraction of sp³-hybridized carbons (Fsp3) is 0.100. The molecule has 0 aromatic heterocycles. The lowest BCUT2D eigenvalue weighted by molar-refractivity contribution is -0.127. The number of hydrogen-bond donors (Lipinski definition) is 1. The van der Waals surface area contributed by atoms with Gasteiger partial charge < -0.3 is 4.74 Å². The van der Waals surface area contributed by atoms with Crippen LogP contribution in [-0.4, -0.2) is 18.2 Å². The molecule has 0 heterocycles. The van der Waals surface area contributed by atoms with Gasteiger partial charge in [-0.25, -0.2) is 5.43 Å². The van der Waals surface area contributed by atoms with Crippen molar-refractivity contribution in [2.45, 2.75) is 13.0 Å². The van der Waals surface area contributed by atoms with Crippen LogP contribution < -0.4 is 10.2 Å². The minimum Gasteiger partial charge on any atom is -0.481 e. The van der Waals surface area contributed by atoms with E-state index < -0.39 is 6.10 Å². The molecule has 3 aromatic carbocycles. The van der Waals surface area contributed by atoms with Crippen molar-refractivity contribution < 1.29 is 9.53 Å². The fourth-order valence-electron chi connectivity index (χ4n) is 2.35. The first-order chi connectivity index (χ1) is 12.1. The molecule has 1 amide bonds. The van der Waals surface area contributed by atoms with Crippen molar-refractivity contribution in [1.29, 1.82) is 0 Å². The van der Waals surface area contributed by atoms with Crippen molar-refractivity contribution in [2.24, 2.45) is 5.10 Å². The van der Waals surface area contributed by atoms with Crippen LogP contribution in [0, 0.1) is 0 Å². The molecule has 4 nitrogen and oxygen atoms in total. The summed E-state index contributed by atoms with van der Waals surface area (Å²) in [5, 5.41) is 6.17. The molecule has 0 radical (unpaired) electrons. The lowest BCUT2D eigenvalue weighted by atomic mass is 10.1. The van der Waals surface area contributed by atoms with Crippen molar-refractivity contribution >= 4 is 38.8 Å². The predicted octanol–water partition coefficient (Wildman–Crippen LogP) is 4.52. The Labute approximate surface area is 154 Å². The predicted molar refractivity (Wildman–Crippen MR) is 104 cm³/mol. The van der Waals surface area contributed by atoms with E-state index in [0.717, 1.165) is 20.8 Å². The summed E-state index contributed by atoms with van der Waals surface area (Å²) in [5.74, 6) is 0.344. The zero-order valence-electron chi connectivity index (χ0n) is 13.6. The van der Waals surface area contributed by atoms with Gasteiger partial charge in [0.2, 0.25) is 0 Å². The lowest BCUT2D eigenvalue weighted by Crippen LogP contribution is -2.33. The summed E-state index contributed by atoms with van der Waals surface area (Å²) in [6, 6.07) is 21.4. The van der Waals surface area contributed by atoms with E-state index in [-0.39, 0.29) is 5.91 Å². The van der Waals surface area contributed by atoms with E-state index in [1.807, 2.05) is 66.7 Å². The number of hydrogen-bond acceptors (Lipinski definition) is 3. The van der Waals surface area contributed by atoms with Gasteiger partial charge in [-0.15, -0.1) is 0 Å². The summed E-state index contributed by atoms with van der Waals surface area (Å²) in [6.07, 6.45) is 0.937. The molecule has 0 fully saturated rings. The van der Waals surface area contributed by atoms with Gasteiger partial charge >= 0.3 is 0 Å². The lowest BCUT2D eigenvalue weighted by Gasteiger charge is -2.13. The molecule has 1 N–H and O–H groups in total. The smallest absolute Gasteiger partial charge is 0.280 e. The van der Waals surface area contributed by atoms with E-state index in [0.29, 0.717) is 5.75 Å². The Morgan fingerprint density at radius 3 is 2.68 bits per heavy atom. The third kappa shape index (κ3) is 4.67. The minimum absolute atomic E-state index is 0.306. The van der Waals surface area contributed by atoms with E-state index in [9.17, 15) is 4.79 Å². The van der Waals surface area contributed by atoms with Gasteiger partial charge in [0.25, 0.3) is 5.91 Å². The molecule has 3 aromatic rings. The second-order valence-electron chi connectivity index (χ2n) is 5.56. The second-order valence-corrected chi connectivity index (χ2v) is 6.47. The summed E-state index contributed by atoms with van der Waals surface area (Å²) in [6.45, 7) is 1.69. The Morgan fingerprint density at radius 2 is 1.88 bits per heavy atom. The zero-order valence-corrected chi connectivity index (χ0v) is 15.2. The van der Waals surface area contributed by atoms with E-state index in [1.54, 1.807) is 13.1 Å². The number of nitrogens with zero attached hydrogens (tertiary/aromatic N) is 1. The van der Waals surface area contributed by atoms with Crippen molar-refractivity contribution in [2.75, 3.05) is 0 Å². The summed E-state index contributed by atoms with van der Waals surface area (Å²) in [5.41, 5.74) is 3.38. The van der Waals surface area contributed by atoms with Crippen LogP contribution in [0.4, 0.5) is 0 Å². The minimum atomic E-state index is -0.652. The molecule has 5 heteroatoms. The highest BCUT2D eigenvalue weighted by Crippen LogP contribution is 2.21. The van der Waals surface area contributed by atoms with Crippen LogP contribution in [0.25, 0.3) is 10.8 Å². The summed E-state index contributed by atoms with van der Waals surface area (Å²) < 4.78 is 6.67. The summed E-state index contributed by atoms with van der Waals surface area (Å²) in [7, 11) is 0. The number of nitrogens with one attached hydrogen (secondary N) is 1. The molecule has 0 aliphatic heterocycles. The maximum absolute atomic E-state index is 12.1. The number of fused-ring (bicyclic) bond motifs is 1. The van der Waals surface area contributed by atoms with Gasteiger partial charge in [0.1, 0.15) is 5.75 Å². The van der Waals surface area contributed by atoms with Gasteiger partial charge in [0.15, 0.2) is 6.10 Å². The van der Waals surface area contributed by atoms with Crippen LogP contribution in [0.5, 0.6) is 5.75 Å². The quantitative estimate of drug-likeness (QED) is 0.509. The summed E-state index contributed by atoms with van der Waals surface area (Å²) in [4.78, 5) is 12.1. The monoisotopic (exact) mass is 396 g/mol. The largest absolute Gasteiger partial charge is 0.481 e. The standard InChI is InChI=1S/C20H17BrN2O2/c1-14(20(24)23-22-13-15-5-4-8-18(21)11-15)25-19-10-9-16-6-2-3-7-17(16)12-19/h2-14H,1H3,(H,23,24). The number of ether oxygens (including phenoxy) is 1. The Kier molecular flexibility index (Phi) is 5.46. The molecule has 1 atom stereocenters. The third-order valence-electron chi connectivity index (χ3n) is 3.64. The highest BCUT2D eigenvalue weighted by molar-refractivity contribution is 9.10. The fourth-order valence-corrected chi connectivity index (χ4v) is 2.76. The van der Waals surface area contributed by atoms with Crippen LogP contribution >= 0.6 is 15.9 Å². The van der Waals surface area contributed by atoms with Gasteiger partial charge in [-0.05, 0) is 47.5 Å². The van der Waals surface area contributed by atoms with E-state index in [4.69, 9.17) is 4.74 Å². The molecule has 0 aliphatic carbocycles. The highest BCUT2D eigenvalue weighted by atomic mass is 79.9. The Hall–Kier alpha value is -2.66.